The van der Waals surface area contributed by atoms with Crippen LogP contribution in [0.4, 0.5) is 5.69 Å². The van der Waals surface area contributed by atoms with Gasteiger partial charge in [0.25, 0.3) is 11.6 Å². The molecular formula is C14H18ClN3O3. The molecule has 1 aromatic rings. The molecule has 1 fully saturated rings. The Morgan fingerprint density at radius 3 is 2.76 bits per heavy atom. The van der Waals surface area contributed by atoms with E-state index in [1.165, 1.54) is 18.2 Å². The Balaban J connectivity index is 2.25. The van der Waals surface area contributed by atoms with Crippen molar-refractivity contribution in [2.45, 2.75) is 19.4 Å². The minimum Gasteiger partial charge on any atom is -0.335 e. The van der Waals surface area contributed by atoms with Crippen LogP contribution in [0, 0.1) is 10.1 Å². The molecule has 1 saturated heterocycles. The van der Waals surface area contributed by atoms with Gasteiger partial charge in [0.2, 0.25) is 0 Å². The standard InChI is InChI=1S/C14H18ClN3O3/c1-10-9-16(2)6-3-7-17(10)14(19)12-5-4-11(18(20)21)8-13(12)15/h4-5,8,10H,3,6-7,9H2,1-2H3. The summed E-state index contributed by atoms with van der Waals surface area (Å²) in [5.74, 6) is -0.169. The normalized spacial score (nSPS) is 20.1. The largest absolute Gasteiger partial charge is 0.335 e. The van der Waals surface area contributed by atoms with Crippen LogP contribution in [0.25, 0.3) is 0 Å². The van der Waals surface area contributed by atoms with E-state index in [9.17, 15) is 14.9 Å². The van der Waals surface area contributed by atoms with Crippen molar-refractivity contribution in [2.24, 2.45) is 0 Å². The first-order chi connectivity index (χ1) is 9.90. The number of nitrogens with zero attached hydrogens (tertiary/aromatic N) is 3. The molecule has 2 rings (SSSR count). The second-order valence-electron chi connectivity index (χ2n) is 5.38. The maximum Gasteiger partial charge on any atom is 0.270 e. The summed E-state index contributed by atoms with van der Waals surface area (Å²) in [6.45, 7) is 4.41. The third kappa shape index (κ3) is 3.51. The van der Waals surface area contributed by atoms with Crippen LogP contribution in [0.1, 0.15) is 23.7 Å². The predicted octanol–water partition coefficient (Wildman–Crippen LogP) is 2.41. The van der Waals surface area contributed by atoms with E-state index in [4.69, 9.17) is 11.6 Å². The van der Waals surface area contributed by atoms with Crippen LogP contribution in [0.15, 0.2) is 18.2 Å². The Bertz CT molecular complexity index is 564. The van der Waals surface area contributed by atoms with E-state index in [-0.39, 0.29) is 22.7 Å². The van der Waals surface area contributed by atoms with E-state index in [0.29, 0.717) is 12.1 Å². The summed E-state index contributed by atoms with van der Waals surface area (Å²) >= 11 is 6.04. The third-order valence-corrected chi connectivity index (χ3v) is 4.01. The van der Waals surface area contributed by atoms with E-state index < -0.39 is 4.92 Å². The molecule has 0 aromatic heterocycles. The Labute approximate surface area is 128 Å². The van der Waals surface area contributed by atoms with Crippen LogP contribution in [0.2, 0.25) is 5.02 Å². The molecule has 1 heterocycles. The monoisotopic (exact) mass is 311 g/mol. The van der Waals surface area contributed by atoms with Gasteiger partial charge in [0.05, 0.1) is 15.5 Å². The van der Waals surface area contributed by atoms with Crippen molar-refractivity contribution in [2.75, 3.05) is 26.7 Å². The molecule has 1 atom stereocenters. The SMILES string of the molecule is CC1CN(C)CCCN1C(=O)c1ccc([N+](=O)[O-])cc1Cl. The fraction of sp³-hybridized carbons (Fsp3) is 0.500. The van der Waals surface area contributed by atoms with E-state index in [2.05, 4.69) is 4.90 Å². The summed E-state index contributed by atoms with van der Waals surface area (Å²) in [7, 11) is 2.03. The van der Waals surface area contributed by atoms with Crippen molar-refractivity contribution in [3.05, 3.63) is 38.9 Å². The summed E-state index contributed by atoms with van der Waals surface area (Å²) in [5.41, 5.74) is 0.207. The molecule has 21 heavy (non-hydrogen) atoms. The second kappa shape index (κ2) is 6.41. The average Bonchev–Trinajstić information content (AvgIpc) is 2.58. The van der Waals surface area contributed by atoms with Crippen molar-refractivity contribution in [1.29, 1.82) is 0 Å². The smallest absolute Gasteiger partial charge is 0.270 e. The fourth-order valence-electron chi connectivity index (χ4n) is 2.62. The Morgan fingerprint density at radius 2 is 2.14 bits per heavy atom. The number of likely N-dealkylation sites (N-methyl/N-ethyl adjacent to an activating group) is 1. The van der Waals surface area contributed by atoms with Gasteiger partial charge in [-0.15, -0.1) is 0 Å². The molecule has 0 bridgehead atoms. The van der Waals surface area contributed by atoms with Gasteiger partial charge in [0, 0.05) is 31.3 Å². The average molecular weight is 312 g/mol. The molecule has 0 radical (unpaired) electrons. The zero-order chi connectivity index (χ0) is 15.6. The van der Waals surface area contributed by atoms with Crippen molar-refractivity contribution < 1.29 is 9.72 Å². The van der Waals surface area contributed by atoms with E-state index >= 15 is 0 Å². The molecule has 1 unspecified atom stereocenters. The maximum atomic E-state index is 12.6. The highest BCUT2D eigenvalue weighted by Crippen LogP contribution is 2.25. The molecular weight excluding hydrogens is 294 g/mol. The van der Waals surface area contributed by atoms with Crippen molar-refractivity contribution in [3.63, 3.8) is 0 Å². The summed E-state index contributed by atoms with van der Waals surface area (Å²) in [4.78, 5) is 26.8. The third-order valence-electron chi connectivity index (χ3n) is 3.70. The number of rotatable bonds is 2. The predicted molar refractivity (Wildman–Crippen MR) is 80.7 cm³/mol. The molecule has 7 heteroatoms. The molecule has 0 N–H and O–H groups in total. The van der Waals surface area contributed by atoms with Gasteiger partial charge < -0.3 is 9.80 Å². The second-order valence-corrected chi connectivity index (χ2v) is 5.79. The van der Waals surface area contributed by atoms with Crippen molar-refractivity contribution in [1.82, 2.24) is 9.80 Å². The van der Waals surface area contributed by atoms with Crippen molar-refractivity contribution in [3.8, 4) is 0 Å². The quantitative estimate of drug-likeness (QED) is 0.621. The van der Waals surface area contributed by atoms with Gasteiger partial charge in [-0.3, -0.25) is 14.9 Å². The van der Waals surface area contributed by atoms with Crippen LogP contribution in [0.5, 0.6) is 0 Å². The number of carbonyl (C=O) groups is 1. The summed E-state index contributed by atoms with van der Waals surface area (Å²) in [6.07, 6.45) is 0.900. The lowest BCUT2D eigenvalue weighted by molar-refractivity contribution is -0.384. The topological polar surface area (TPSA) is 66.7 Å². The first-order valence-corrected chi connectivity index (χ1v) is 7.21. The number of benzene rings is 1. The first-order valence-electron chi connectivity index (χ1n) is 6.83. The van der Waals surface area contributed by atoms with Crippen LogP contribution in [0.3, 0.4) is 0 Å². The number of hydrogen-bond donors (Lipinski definition) is 0. The minimum atomic E-state index is -0.524. The Hall–Kier alpha value is -1.66. The van der Waals surface area contributed by atoms with Gasteiger partial charge in [0.15, 0.2) is 0 Å². The molecule has 6 nitrogen and oxygen atoms in total. The molecule has 0 aliphatic carbocycles. The number of carbonyl (C=O) groups excluding carboxylic acids is 1. The number of hydrogen-bond acceptors (Lipinski definition) is 4. The summed E-state index contributed by atoms with van der Waals surface area (Å²) in [6, 6.07) is 4.05. The van der Waals surface area contributed by atoms with Crippen LogP contribution >= 0.6 is 11.6 Å². The highest BCUT2D eigenvalue weighted by atomic mass is 35.5. The molecule has 1 amide bonds. The molecule has 0 saturated carbocycles. The zero-order valence-electron chi connectivity index (χ0n) is 12.1. The van der Waals surface area contributed by atoms with Crippen LogP contribution in [-0.2, 0) is 0 Å². The number of halogens is 1. The lowest BCUT2D eigenvalue weighted by Crippen LogP contribution is -2.42. The summed E-state index contributed by atoms with van der Waals surface area (Å²) in [5, 5.41) is 10.8. The van der Waals surface area contributed by atoms with Crippen LogP contribution < -0.4 is 0 Å². The molecule has 0 spiro atoms. The number of nitro groups is 1. The highest BCUT2D eigenvalue weighted by molar-refractivity contribution is 6.34. The van der Waals surface area contributed by atoms with Gasteiger partial charge in [-0.25, -0.2) is 0 Å². The van der Waals surface area contributed by atoms with Crippen molar-refractivity contribution >= 4 is 23.2 Å². The summed E-state index contributed by atoms with van der Waals surface area (Å²) < 4.78 is 0. The maximum absolute atomic E-state index is 12.6. The zero-order valence-corrected chi connectivity index (χ0v) is 12.8. The van der Waals surface area contributed by atoms with Crippen LogP contribution in [-0.4, -0.2) is 53.4 Å². The van der Waals surface area contributed by atoms with Gasteiger partial charge in [-0.05, 0) is 33.0 Å². The minimum absolute atomic E-state index is 0.0799. The molecule has 1 aromatic carbocycles. The number of non-ortho nitro benzene ring substituents is 1. The van der Waals surface area contributed by atoms with E-state index in [0.717, 1.165) is 19.5 Å². The lowest BCUT2D eigenvalue weighted by atomic mass is 10.1. The highest BCUT2D eigenvalue weighted by Gasteiger charge is 2.26. The number of nitro benzene ring substituents is 1. The molecule has 1 aliphatic rings. The lowest BCUT2D eigenvalue weighted by Gasteiger charge is -2.28. The van der Waals surface area contributed by atoms with E-state index in [1.54, 1.807) is 4.90 Å². The van der Waals surface area contributed by atoms with Gasteiger partial charge in [0.1, 0.15) is 0 Å². The van der Waals surface area contributed by atoms with Gasteiger partial charge in [-0.1, -0.05) is 11.6 Å². The van der Waals surface area contributed by atoms with Gasteiger partial charge in [-0.2, -0.15) is 0 Å². The first kappa shape index (κ1) is 15.7. The Kier molecular flexibility index (Phi) is 4.80. The van der Waals surface area contributed by atoms with Gasteiger partial charge >= 0.3 is 0 Å². The Morgan fingerprint density at radius 1 is 1.43 bits per heavy atom. The number of amides is 1. The van der Waals surface area contributed by atoms with E-state index in [1.807, 2.05) is 14.0 Å². The molecule has 1 aliphatic heterocycles. The molecule has 114 valence electrons. The fourth-order valence-corrected chi connectivity index (χ4v) is 2.88.